The second-order valence-corrected chi connectivity index (χ2v) is 12.3. The van der Waals surface area contributed by atoms with Gasteiger partial charge in [-0.1, -0.05) is 0 Å². The highest BCUT2D eigenvalue weighted by molar-refractivity contribution is 5.90. The Morgan fingerprint density at radius 2 is 1.05 bits per heavy atom. The molecule has 0 fully saturated rings. The van der Waals surface area contributed by atoms with E-state index in [9.17, 15) is 24.0 Å². The van der Waals surface area contributed by atoms with Gasteiger partial charge in [0.1, 0.15) is 17.2 Å². The molecule has 0 heterocycles. The van der Waals surface area contributed by atoms with Crippen LogP contribution in [0.4, 0.5) is 9.59 Å². The van der Waals surface area contributed by atoms with Gasteiger partial charge < -0.3 is 52.8 Å². The number of alkyl carbamates (subject to hydrolysis) is 2. The SMILES string of the molecule is CC(C)(C)OC(=O)N[C@H](CNCCCNCCCCNCCCNC(=O)[C@H](CC(N)=O)NC(=O)OC(C)(C)C)CC(N)=O. The minimum atomic E-state index is -1.09. The number of rotatable bonds is 22. The number of nitrogens with one attached hydrogen (secondary N) is 6. The second kappa shape index (κ2) is 21.5. The van der Waals surface area contributed by atoms with E-state index in [1.54, 1.807) is 41.5 Å². The molecule has 10 N–H and O–H groups in total. The maximum atomic E-state index is 12.4. The fourth-order valence-electron chi connectivity index (χ4n) is 3.66. The van der Waals surface area contributed by atoms with Crippen LogP contribution in [0.3, 0.4) is 0 Å². The molecule has 0 rings (SSSR count). The maximum absolute atomic E-state index is 12.4. The Morgan fingerprint density at radius 3 is 1.53 bits per heavy atom. The molecule has 2 atom stereocenters. The summed E-state index contributed by atoms with van der Waals surface area (Å²) in [5.74, 6) is -1.69. The summed E-state index contributed by atoms with van der Waals surface area (Å²) in [5.41, 5.74) is 9.14. The standard InChI is InChI=1S/C28H56N8O7/c1-27(2,3)42-25(40)35-20(17-22(29)37)19-33-15-9-13-31-11-7-8-12-32-14-10-16-34-24(39)21(18-23(30)38)36-26(41)43-28(4,5)6/h20-21,31-33H,7-19H2,1-6H3,(H2,29,37)(H2,30,38)(H,34,39)(H,35,40)(H,36,41)/t20-,21-/m0/s1. The van der Waals surface area contributed by atoms with Crippen molar-refractivity contribution in [2.45, 2.75) is 103 Å². The molecule has 0 bridgehead atoms. The van der Waals surface area contributed by atoms with Gasteiger partial charge in [-0.25, -0.2) is 9.59 Å². The van der Waals surface area contributed by atoms with Crippen molar-refractivity contribution in [2.75, 3.05) is 45.8 Å². The molecule has 0 saturated carbocycles. The first-order chi connectivity index (χ1) is 20.0. The fourth-order valence-corrected chi connectivity index (χ4v) is 3.66. The van der Waals surface area contributed by atoms with E-state index in [2.05, 4.69) is 31.9 Å². The predicted molar refractivity (Wildman–Crippen MR) is 164 cm³/mol. The molecule has 0 aromatic rings. The van der Waals surface area contributed by atoms with Gasteiger partial charge in [0.05, 0.1) is 12.5 Å². The zero-order valence-electron chi connectivity index (χ0n) is 26.9. The Bertz CT molecular complexity index is 859. The summed E-state index contributed by atoms with van der Waals surface area (Å²) in [7, 11) is 0. The number of amides is 5. The summed E-state index contributed by atoms with van der Waals surface area (Å²) in [6.45, 7) is 15.2. The van der Waals surface area contributed by atoms with Crippen LogP contribution in [0.2, 0.25) is 0 Å². The molecule has 0 radical (unpaired) electrons. The minimum Gasteiger partial charge on any atom is -0.444 e. The van der Waals surface area contributed by atoms with Crippen molar-refractivity contribution in [2.24, 2.45) is 11.5 Å². The van der Waals surface area contributed by atoms with Gasteiger partial charge in [-0.3, -0.25) is 14.4 Å². The molecule has 0 aliphatic carbocycles. The molecule has 0 unspecified atom stereocenters. The van der Waals surface area contributed by atoms with Crippen LogP contribution in [0.15, 0.2) is 0 Å². The molecule has 15 heteroatoms. The van der Waals surface area contributed by atoms with Crippen molar-refractivity contribution in [1.82, 2.24) is 31.9 Å². The Kier molecular flexibility index (Phi) is 19.9. The van der Waals surface area contributed by atoms with Crippen LogP contribution in [0, 0.1) is 0 Å². The minimum absolute atomic E-state index is 0.0257. The summed E-state index contributed by atoms with van der Waals surface area (Å²) in [6, 6.07) is -1.53. The van der Waals surface area contributed by atoms with Gasteiger partial charge in [-0.15, -0.1) is 0 Å². The lowest BCUT2D eigenvalue weighted by Crippen LogP contribution is -2.50. The van der Waals surface area contributed by atoms with E-state index in [-0.39, 0.29) is 12.8 Å². The summed E-state index contributed by atoms with van der Waals surface area (Å²) in [6.07, 6.45) is 1.89. The topological polar surface area (TPSA) is 228 Å². The Labute approximate surface area is 256 Å². The largest absolute Gasteiger partial charge is 0.444 e. The van der Waals surface area contributed by atoms with Crippen molar-refractivity contribution in [3.8, 4) is 0 Å². The number of nitrogens with two attached hydrogens (primary N) is 2. The normalized spacial score (nSPS) is 13.0. The molecular formula is C28H56N8O7. The van der Waals surface area contributed by atoms with Gasteiger partial charge in [0.2, 0.25) is 17.7 Å². The molecule has 0 aliphatic heterocycles. The Morgan fingerprint density at radius 1 is 0.605 bits per heavy atom. The number of carbonyl (C=O) groups is 5. The predicted octanol–water partition coefficient (Wildman–Crippen LogP) is -0.0308. The van der Waals surface area contributed by atoms with Gasteiger partial charge in [0.15, 0.2) is 0 Å². The smallest absolute Gasteiger partial charge is 0.408 e. The molecule has 0 saturated heterocycles. The van der Waals surface area contributed by atoms with E-state index in [0.717, 1.165) is 45.4 Å². The van der Waals surface area contributed by atoms with Gasteiger partial charge in [0, 0.05) is 19.5 Å². The Hall–Kier alpha value is -3.17. The molecule has 15 nitrogen and oxygen atoms in total. The molecule has 0 aromatic carbocycles. The van der Waals surface area contributed by atoms with Crippen LogP contribution in [-0.2, 0) is 23.9 Å². The van der Waals surface area contributed by atoms with Crippen molar-refractivity contribution in [1.29, 1.82) is 0 Å². The zero-order chi connectivity index (χ0) is 32.9. The maximum Gasteiger partial charge on any atom is 0.408 e. The van der Waals surface area contributed by atoms with Crippen LogP contribution < -0.4 is 43.4 Å². The van der Waals surface area contributed by atoms with Crippen molar-refractivity contribution < 1.29 is 33.4 Å². The van der Waals surface area contributed by atoms with Gasteiger partial charge in [-0.2, -0.15) is 0 Å². The Balaban J connectivity index is 3.90. The fraction of sp³-hybridized carbons (Fsp3) is 0.821. The highest BCUT2D eigenvalue weighted by atomic mass is 16.6. The second-order valence-electron chi connectivity index (χ2n) is 12.3. The number of hydrogen-bond acceptors (Lipinski definition) is 10. The highest BCUT2D eigenvalue weighted by Gasteiger charge is 2.25. The van der Waals surface area contributed by atoms with Gasteiger partial charge >= 0.3 is 12.2 Å². The van der Waals surface area contributed by atoms with Crippen LogP contribution in [-0.4, -0.2) is 99.0 Å². The third-order valence-corrected chi connectivity index (χ3v) is 5.47. The lowest BCUT2D eigenvalue weighted by Gasteiger charge is -2.23. The average molecular weight is 617 g/mol. The van der Waals surface area contributed by atoms with E-state index in [1.807, 2.05) is 0 Å². The molecule has 250 valence electrons. The van der Waals surface area contributed by atoms with Gasteiger partial charge in [-0.05, 0) is 99.9 Å². The summed E-state index contributed by atoms with van der Waals surface area (Å²) < 4.78 is 10.4. The van der Waals surface area contributed by atoms with E-state index in [0.29, 0.717) is 26.1 Å². The zero-order valence-corrected chi connectivity index (χ0v) is 26.9. The third kappa shape index (κ3) is 26.2. The van der Waals surface area contributed by atoms with E-state index >= 15 is 0 Å². The number of ether oxygens (including phenoxy) is 2. The van der Waals surface area contributed by atoms with E-state index < -0.39 is 53.2 Å². The molecule has 43 heavy (non-hydrogen) atoms. The number of primary amides is 2. The summed E-state index contributed by atoms with van der Waals surface area (Å²) >= 11 is 0. The first-order valence-corrected chi connectivity index (χ1v) is 14.9. The number of carbonyl (C=O) groups excluding carboxylic acids is 5. The first kappa shape index (κ1) is 39.8. The summed E-state index contributed by atoms with van der Waals surface area (Å²) in [4.78, 5) is 58.9. The molecule has 5 amide bonds. The van der Waals surface area contributed by atoms with Crippen molar-refractivity contribution in [3.05, 3.63) is 0 Å². The molecule has 0 aliphatic rings. The number of unbranched alkanes of at least 4 members (excludes halogenated alkanes) is 1. The molecule has 0 aromatic heterocycles. The number of hydrogen-bond donors (Lipinski definition) is 8. The quantitative estimate of drug-likeness (QED) is 0.0757. The van der Waals surface area contributed by atoms with Gasteiger partial charge in [0.25, 0.3) is 0 Å². The average Bonchev–Trinajstić information content (AvgIpc) is 2.82. The lowest BCUT2D eigenvalue weighted by molar-refractivity contribution is -0.127. The molecule has 0 spiro atoms. The molecular weight excluding hydrogens is 560 g/mol. The van der Waals surface area contributed by atoms with Crippen LogP contribution in [0.25, 0.3) is 0 Å². The van der Waals surface area contributed by atoms with Crippen molar-refractivity contribution in [3.63, 3.8) is 0 Å². The highest BCUT2D eigenvalue weighted by Crippen LogP contribution is 2.08. The lowest BCUT2D eigenvalue weighted by atomic mass is 10.2. The van der Waals surface area contributed by atoms with Crippen LogP contribution in [0.5, 0.6) is 0 Å². The van der Waals surface area contributed by atoms with Crippen molar-refractivity contribution >= 4 is 29.9 Å². The third-order valence-electron chi connectivity index (χ3n) is 5.47. The van der Waals surface area contributed by atoms with E-state index in [1.165, 1.54) is 0 Å². The monoisotopic (exact) mass is 616 g/mol. The first-order valence-electron chi connectivity index (χ1n) is 14.9. The van der Waals surface area contributed by atoms with Crippen LogP contribution >= 0.6 is 0 Å². The van der Waals surface area contributed by atoms with E-state index in [4.69, 9.17) is 20.9 Å². The van der Waals surface area contributed by atoms with Crippen LogP contribution in [0.1, 0.15) is 80.1 Å². The summed E-state index contributed by atoms with van der Waals surface area (Å²) in [5, 5.41) is 17.7.